The first-order valence-corrected chi connectivity index (χ1v) is 10.8. The maximum atomic E-state index is 13.2. The van der Waals surface area contributed by atoms with Crippen LogP contribution in [0.3, 0.4) is 0 Å². The number of anilines is 2. The number of aromatic nitrogens is 2. The van der Waals surface area contributed by atoms with E-state index in [1.54, 1.807) is 22.4 Å². The lowest BCUT2D eigenvalue weighted by Crippen LogP contribution is -2.33. The third-order valence-corrected chi connectivity index (χ3v) is 6.08. The molecule has 0 bridgehead atoms. The Labute approximate surface area is 180 Å². The molecule has 3 heterocycles. The van der Waals surface area contributed by atoms with Crippen molar-refractivity contribution in [1.29, 1.82) is 0 Å². The Morgan fingerprint density at radius 3 is 2.97 bits per heavy atom. The summed E-state index contributed by atoms with van der Waals surface area (Å²) < 4.78 is 6.35. The molecule has 0 radical (unpaired) electrons. The summed E-state index contributed by atoms with van der Waals surface area (Å²) in [5.41, 5.74) is 1.32. The van der Waals surface area contributed by atoms with Crippen molar-refractivity contribution in [2.45, 2.75) is 12.5 Å². The first-order chi connectivity index (χ1) is 14.7. The molecule has 1 aromatic carbocycles. The van der Waals surface area contributed by atoms with E-state index in [4.69, 9.17) is 4.74 Å². The van der Waals surface area contributed by atoms with Crippen LogP contribution in [0, 0.1) is 0 Å². The number of amides is 1. The SMILES string of the molecule is CNCC[C@@H](Oc1cccc(N2CCN(C)c3ncncc3C2=O)c1)c1cccs1. The van der Waals surface area contributed by atoms with Crippen molar-refractivity contribution in [2.24, 2.45) is 0 Å². The monoisotopic (exact) mass is 423 g/mol. The van der Waals surface area contributed by atoms with Crippen LogP contribution in [-0.2, 0) is 0 Å². The van der Waals surface area contributed by atoms with Crippen LogP contribution < -0.4 is 19.9 Å². The Balaban J connectivity index is 1.59. The van der Waals surface area contributed by atoms with Crippen LogP contribution >= 0.6 is 11.3 Å². The van der Waals surface area contributed by atoms with Crippen LogP contribution in [-0.4, -0.2) is 49.6 Å². The fourth-order valence-corrected chi connectivity index (χ4v) is 4.31. The third-order valence-electron chi connectivity index (χ3n) is 5.11. The van der Waals surface area contributed by atoms with E-state index in [0.717, 1.165) is 24.4 Å². The first kappa shape index (κ1) is 20.3. The minimum Gasteiger partial charge on any atom is -0.485 e. The van der Waals surface area contributed by atoms with Crippen molar-refractivity contribution in [3.63, 3.8) is 0 Å². The predicted molar refractivity (Wildman–Crippen MR) is 120 cm³/mol. The zero-order valence-electron chi connectivity index (χ0n) is 17.1. The Morgan fingerprint density at radius 2 is 2.17 bits per heavy atom. The number of fused-ring (bicyclic) bond motifs is 1. The van der Waals surface area contributed by atoms with E-state index >= 15 is 0 Å². The number of thiophene rings is 1. The van der Waals surface area contributed by atoms with E-state index in [9.17, 15) is 4.79 Å². The Kier molecular flexibility index (Phi) is 6.25. The van der Waals surface area contributed by atoms with Gasteiger partial charge in [-0.1, -0.05) is 12.1 Å². The molecule has 1 aliphatic heterocycles. The van der Waals surface area contributed by atoms with E-state index in [0.29, 0.717) is 24.5 Å². The molecule has 4 rings (SSSR count). The fourth-order valence-electron chi connectivity index (χ4n) is 3.53. The van der Waals surface area contributed by atoms with Gasteiger partial charge in [-0.15, -0.1) is 11.3 Å². The highest BCUT2D eigenvalue weighted by Gasteiger charge is 2.27. The zero-order chi connectivity index (χ0) is 20.9. The normalized spacial score (nSPS) is 14.9. The molecular weight excluding hydrogens is 398 g/mol. The van der Waals surface area contributed by atoms with Crippen LogP contribution in [0.5, 0.6) is 5.75 Å². The average Bonchev–Trinajstić information content (AvgIpc) is 3.27. The van der Waals surface area contributed by atoms with E-state index in [1.807, 2.05) is 49.3 Å². The molecule has 7 nitrogen and oxygen atoms in total. The van der Waals surface area contributed by atoms with Crippen molar-refractivity contribution in [2.75, 3.05) is 43.5 Å². The highest BCUT2D eigenvalue weighted by atomic mass is 32.1. The van der Waals surface area contributed by atoms with Gasteiger partial charge in [0.25, 0.3) is 5.91 Å². The van der Waals surface area contributed by atoms with Crippen LogP contribution in [0.4, 0.5) is 11.5 Å². The third kappa shape index (κ3) is 4.29. The zero-order valence-corrected chi connectivity index (χ0v) is 17.9. The fraction of sp³-hybridized carbons (Fsp3) is 0.318. The second-order valence-corrected chi connectivity index (χ2v) is 8.13. The van der Waals surface area contributed by atoms with Gasteiger partial charge < -0.3 is 19.9 Å². The molecule has 8 heteroatoms. The lowest BCUT2D eigenvalue weighted by Gasteiger charge is -2.23. The maximum absolute atomic E-state index is 13.2. The van der Waals surface area contributed by atoms with Gasteiger partial charge in [-0.05, 0) is 37.2 Å². The quantitative estimate of drug-likeness (QED) is 0.628. The van der Waals surface area contributed by atoms with Gasteiger partial charge in [-0.3, -0.25) is 4.79 Å². The number of hydrogen-bond donors (Lipinski definition) is 1. The molecule has 1 aliphatic rings. The molecule has 30 heavy (non-hydrogen) atoms. The maximum Gasteiger partial charge on any atom is 0.263 e. The molecular formula is C22H25N5O2S. The van der Waals surface area contributed by atoms with Crippen molar-refractivity contribution in [1.82, 2.24) is 15.3 Å². The first-order valence-electron chi connectivity index (χ1n) is 9.95. The summed E-state index contributed by atoms with van der Waals surface area (Å²) in [7, 11) is 3.88. The molecule has 1 atom stereocenters. The van der Waals surface area contributed by atoms with E-state index in [1.165, 1.54) is 11.2 Å². The van der Waals surface area contributed by atoms with Crippen LogP contribution in [0.25, 0.3) is 0 Å². The van der Waals surface area contributed by atoms with Crippen LogP contribution in [0.1, 0.15) is 27.8 Å². The van der Waals surface area contributed by atoms with Gasteiger partial charge in [0.05, 0.1) is 0 Å². The average molecular weight is 424 g/mol. The van der Waals surface area contributed by atoms with Gasteiger partial charge >= 0.3 is 0 Å². The lowest BCUT2D eigenvalue weighted by atomic mass is 10.2. The van der Waals surface area contributed by atoms with Crippen molar-refractivity contribution in [3.8, 4) is 5.75 Å². The molecule has 156 valence electrons. The number of likely N-dealkylation sites (N-methyl/N-ethyl adjacent to an activating group) is 1. The Morgan fingerprint density at radius 1 is 1.27 bits per heavy atom. The largest absolute Gasteiger partial charge is 0.485 e. The second-order valence-electron chi connectivity index (χ2n) is 7.15. The standard InChI is InChI=1S/C22H25N5O2S/c1-23-9-8-19(20-7-4-12-30-20)29-17-6-3-5-16(13-17)27-11-10-26(2)21-18(22(27)28)14-24-15-25-21/h3-7,12-15,19,23H,8-11H2,1-2H3/t19-/m1/s1. The van der Waals surface area contributed by atoms with Gasteiger partial charge in [-0.25, -0.2) is 9.97 Å². The van der Waals surface area contributed by atoms with E-state index in [-0.39, 0.29) is 12.0 Å². The number of carbonyl (C=O) groups excluding carboxylic acids is 1. The number of nitrogens with one attached hydrogen (secondary N) is 1. The molecule has 2 aromatic heterocycles. The molecule has 0 saturated carbocycles. The summed E-state index contributed by atoms with van der Waals surface area (Å²) in [6.45, 7) is 2.10. The topological polar surface area (TPSA) is 70.6 Å². The molecule has 0 unspecified atom stereocenters. The number of hydrogen-bond acceptors (Lipinski definition) is 7. The summed E-state index contributed by atoms with van der Waals surface area (Å²) >= 11 is 1.69. The molecule has 0 fully saturated rings. The molecule has 0 spiro atoms. The van der Waals surface area contributed by atoms with Gasteiger partial charge in [-0.2, -0.15) is 0 Å². The van der Waals surface area contributed by atoms with Gasteiger partial charge in [0.1, 0.15) is 29.6 Å². The summed E-state index contributed by atoms with van der Waals surface area (Å²) in [6, 6.07) is 11.9. The number of carbonyl (C=O) groups is 1. The lowest BCUT2D eigenvalue weighted by molar-refractivity contribution is 0.0989. The van der Waals surface area contributed by atoms with E-state index < -0.39 is 0 Å². The predicted octanol–water partition coefficient (Wildman–Crippen LogP) is 3.36. The van der Waals surface area contributed by atoms with Crippen molar-refractivity contribution < 1.29 is 9.53 Å². The molecule has 3 aromatic rings. The molecule has 1 N–H and O–H groups in total. The number of rotatable bonds is 7. The van der Waals surface area contributed by atoms with Crippen molar-refractivity contribution in [3.05, 3.63) is 64.7 Å². The summed E-state index contributed by atoms with van der Waals surface area (Å²) in [5.74, 6) is 1.31. The van der Waals surface area contributed by atoms with Crippen LogP contribution in [0.15, 0.2) is 54.3 Å². The second kappa shape index (κ2) is 9.23. The Bertz CT molecular complexity index is 995. The minimum absolute atomic E-state index is 0.0344. The van der Waals surface area contributed by atoms with Gasteiger partial charge in [0.15, 0.2) is 0 Å². The highest BCUT2D eigenvalue weighted by Crippen LogP contribution is 2.31. The highest BCUT2D eigenvalue weighted by molar-refractivity contribution is 7.10. The summed E-state index contributed by atoms with van der Waals surface area (Å²) in [4.78, 5) is 26.5. The van der Waals surface area contributed by atoms with Gasteiger partial charge in [0.2, 0.25) is 0 Å². The number of benzene rings is 1. The Hall–Kier alpha value is -2.97. The summed E-state index contributed by atoms with van der Waals surface area (Å²) in [5, 5.41) is 5.25. The van der Waals surface area contributed by atoms with Gasteiger partial charge in [0, 0.05) is 49.4 Å². The molecule has 1 amide bonds. The molecule has 0 saturated heterocycles. The minimum atomic E-state index is -0.0999. The van der Waals surface area contributed by atoms with E-state index in [2.05, 4.69) is 26.7 Å². The summed E-state index contributed by atoms with van der Waals surface area (Å²) in [6.07, 6.45) is 3.89. The molecule has 0 aliphatic carbocycles. The smallest absolute Gasteiger partial charge is 0.263 e. The van der Waals surface area contributed by atoms with Crippen molar-refractivity contribution >= 4 is 28.7 Å². The number of ether oxygens (including phenoxy) is 1. The van der Waals surface area contributed by atoms with Crippen LogP contribution in [0.2, 0.25) is 0 Å². The number of nitrogens with zero attached hydrogens (tertiary/aromatic N) is 4.